The van der Waals surface area contributed by atoms with Gasteiger partial charge in [0.2, 0.25) is 10.0 Å². The van der Waals surface area contributed by atoms with Gasteiger partial charge >= 0.3 is 0 Å². The van der Waals surface area contributed by atoms with Crippen molar-refractivity contribution in [3.8, 4) is 0 Å². The minimum atomic E-state index is -3.81. The first-order valence-electron chi connectivity index (χ1n) is 6.64. The lowest BCUT2D eigenvalue weighted by atomic mass is 10.1. The van der Waals surface area contributed by atoms with E-state index in [4.69, 9.17) is 11.6 Å². The number of benzene rings is 1. The van der Waals surface area contributed by atoms with Gasteiger partial charge in [0.1, 0.15) is 0 Å². The van der Waals surface area contributed by atoms with E-state index in [-0.39, 0.29) is 22.0 Å². The second kappa shape index (κ2) is 5.90. The molecule has 1 fully saturated rings. The Kier molecular flexibility index (Phi) is 4.55. The summed E-state index contributed by atoms with van der Waals surface area (Å²) in [6.07, 6.45) is 2.32. The Morgan fingerprint density at radius 2 is 2.00 bits per heavy atom. The molecule has 1 aromatic rings. The van der Waals surface area contributed by atoms with Gasteiger partial charge in [0, 0.05) is 23.0 Å². The minimum absolute atomic E-state index is 0.0898. The van der Waals surface area contributed by atoms with Gasteiger partial charge in [-0.3, -0.25) is 10.1 Å². The molecule has 8 heteroatoms. The van der Waals surface area contributed by atoms with E-state index in [0.29, 0.717) is 17.5 Å². The summed E-state index contributed by atoms with van der Waals surface area (Å²) in [5, 5.41) is 10.8. The van der Waals surface area contributed by atoms with Crippen LogP contribution in [0.3, 0.4) is 0 Å². The largest absolute Gasteiger partial charge is 0.273 e. The summed E-state index contributed by atoms with van der Waals surface area (Å²) in [6, 6.07) is 2.23. The van der Waals surface area contributed by atoms with Gasteiger partial charge in [-0.25, -0.2) is 13.1 Å². The summed E-state index contributed by atoms with van der Waals surface area (Å²) in [7, 11) is -3.81. The number of aryl methyl sites for hydroxylation is 1. The summed E-state index contributed by atoms with van der Waals surface area (Å²) in [4.78, 5) is 10.4. The van der Waals surface area contributed by atoms with Gasteiger partial charge in [-0.15, -0.1) is 11.6 Å². The zero-order chi connectivity index (χ0) is 15.8. The van der Waals surface area contributed by atoms with Crippen molar-refractivity contribution in [2.24, 2.45) is 0 Å². The average Bonchev–Trinajstić information content (AvgIpc) is 2.77. The molecule has 0 spiro atoms. The fraction of sp³-hybridized carbons (Fsp3) is 0.538. The van der Waals surface area contributed by atoms with Crippen LogP contribution in [0.15, 0.2) is 17.0 Å². The van der Waals surface area contributed by atoms with Crippen LogP contribution in [0.25, 0.3) is 0 Å². The second-order valence-electron chi connectivity index (χ2n) is 5.32. The third-order valence-corrected chi connectivity index (χ3v) is 5.85. The van der Waals surface area contributed by atoms with E-state index >= 15 is 0 Å². The van der Waals surface area contributed by atoms with E-state index in [0.717, 1.165) is 18.9 Å². The van der Waals surface area contributed by atoms with E-state index in [1.165, 1.54) is 6.07 Å². The molecule has 2 atom stereocenters. The van der Waals surface area contributed by atoms with Gasteiger partial charge in [0.15, 0.2) is 0 Å². The van der Waals surface area contributed by atoms with Gasteiger partial charge in [-0.1, -0.05) is 6.42 Å². The van der Waals surface area contributed by atoms with Gasteiger partial charge in [0.25, 0.3) is 5.69 Å². The molecule has 0 heterocycles. The molecular weight excluding hydrogens is 316 g/mol. The molecule has 116 valence electrons. The Morgan fingerprint density at radius 3 is 2.52 bits per heavy atom. The van der Waals surface area contributed by atoms with Crippen molar-refractivity contribution in [2.45, 2.75) is 49.4 Å². The second-order valence-corrected chi connectivity index (χ2v) is 7.59. The summed E-state index contributed by atoms with van der Waals surface area (Å²) in [5.41, 5.74) is 0.845. The Labute approximate surface area is 128 Å². The Morgan fingerprint density at radius 1 is 1.33 bits per heavy atom. The smallest absolute Gasteiger partial charge is 0.258 e. The Hall–Kier alpha value is -1.18. The Bertz CT molecular complexity index is 675. The molecule has 0 bridgehead atoms. The minimum Gasteiger partial charge on any atom is -0.258 e. The number of nitro groups is 1. The summed E-state index contributed by atoms with van der Waals surface area (Å²) in [6.45, 7) is 3.25. The summed E-state index contributed by atoms with van der Waals surface area (Å²) < 4.78 is 27.3. The lowest BCUT2D eigenvalue weighted by Gasteiger charge is -2.16. The van der Waals surface area contributed by atoms with Gasteiger partial charge in [-0.05, 0) is 38.3 Å². The molecule has 6 nitrogen and oxygen atoms in total. The summed E-state index contributed by atoms with van der Waals surface area (Å²) in [5.74, 6) is 0. The number of sulfonamides is 1. The average molecular weight is 333 g/mol. The highest BCUT2D eigenvalue weighted by Gasteiger charge is 2.31. The topological polar surface area (TPSA) is 89.3 Å². The van der Waals surface area contributed by atoms with Crippen molar-refractivity contribution in [2.75, 3.05) is 0 Å². The van der Waals surface area contributed by atoms with E-state index in [9.17, 15) is 18.5 Å². The maximum absolute atomic E-state index is 12.4. The standard InChI is InChI=1S/C13H17ClN2O4S/c1-8-6-10(7-13(9(8)2)16(17)18)21(19,20)15-12-5-3-4-11(12)14/h6-7,11-12,15H,3-5H2,1-2H3. The highest BCUT2D eigenvalue weighted by atomic mass is 35.5. The molecule has 0 aromatic heterocycles. The van der Waals surface area contributed by atoms with Crippen LogP contribution in [0.1, 0.15) is 30.4 Å². The van der Waals surface area contributed by atoms with Crippen molar-refractivity contribution >= 4 is 27.3 Å². The fourth-order valence-electron chi connectivity index (χ4n) is 2.47. The molecule has 2 unspecified atom stereocenters. The molecule has 2 rings (SSSR count). The van der Waals surface area contributed by atoms with Gasteiger partial charge in [-0.2, -0.15) is 0 Å². The van der Waals surface area contributed by atoms with Crippen LogP contribution in [-0.2, 0) is 10.0 Å². The number of nitrogens with zero attached hydrogens (tertiary/aromatic N) is 1. The number of halogens is 1. The lowest BCUT2D eigenvalue weighted by Crippen LogP contribution is -2.37. The zero-order valence-corrected chi connectivity index (χ0v) is 13.4. The third-order valence-electron chi connectivity index (χ3n) is 3.86. The van der Waals surface area contributed by atoms with E-state index in [1.54, 1.807) is 13.8 Å². The Balaban J connectivity index is 2.38. The third kappa shape index (κ3) is 3.36. The first-order valence-corrected chi connectivity index (χ1v) is 8.56. The number of hydrogen-bond acceptors (Lipinski definition) is 4. The van der Waals surface area contributed by atoms with Crippen LogP contribution in [0.4, 0.5) is 5.69 Å². The van der Waals surface area contributed by atoms with Crippen molar-refractivity contribution in [1.29, 1.82) is 0 Å². The molecule has 0 aliphatic heterocycles. The zero-order valence-electron chi connectivity index (χ0n) is 11.8. The molecule has 1 saturated carbocycles. The van der Waals surface area contributed by atoms with Crippen molar-refractivity contribution in [3.05, 3.63) is 33.4 Å². The highest BCUT2D eigenvalue weighted by molar-refractivity contribution is 7.89. The number of nitro benzene ring substituents is 1. The van der Waals surface area contributed by atoms with Crippen LogP contribution >= 0.6 is 11.6 Å². The van der Waals surface area contributed by atoms with E-state index in [2.05, 4.69) is 4.72 Å². The molecule has 0 amide bonds. The first kappa shape index (κ1) is 16.2. The molecule has 1 aromatic carbocycles. The monoisotopic (exact) mass is 332 g/mol. The van der Waals surface area contributed by atoms with Crippen LogP contribution < -0.4 is 4.72 Å². The van der Waals surface area contributed by atoms with Crippen LogP contribution in [0.5, 0.6) is 0 Å². The maximum atomic E-state index is 12.4. The molecule has 1 aliphatic carbocycles. The van der Waals surface area contributed by atoms with Crippen molar-refractivity contribution in [3.63, 3.8) is 0 Å². The maximum Gasteiger partial charge on any atom is 0.273 e. The van der Waals surface area contributed by atoms with Crippen LogP contribution in [0, 0.1) is 24.0 Å². The quantitative estimate of drug-likeness (QED) is 0.521. The van der Waals surface area contributed by atoms with Crippen molar-refractivity contribution < 1.29 is 13.3 Å². The number of nitrogens with one attached hydrogen (secondary N) is 1. The van der Waals surface area contributed by atoms with Crippen LogP contribution in [-0.4, -0.2) is 24.8 Å². The number of rotatable bonds is 4. The highest BCUT2D eigenvalue weighted by Crippen LogP contribution is 2.28. The van der Waals surface area contributed by atoms with Crippen LogP contribution in [0.2, 0.25) is 0 Å². The number of hydrogen-bond donors (Lipinski definition) is 1. The SMILES string of the molecule is Cc1cc(S(=O)(=O)NC2CCCC2Cl)cc([N+](=O)[O-])c1C. The molecule has 1 N–H and O–H groups in total. The van der Waals surface area contributed by atoms with Crippen molar-refractivity contribution in [1.82, 2.24) is 4.72 Å². The predicted molar refractivity (Wildman–Crippen MR) is 80.2 cm³/mol. The normalized spacial score (nSPS) is 22.4. The molecule has 21 heavy (non-hydrogen) atoms. The van der Waals surface area contributed by atoms with E-state index < -0.39 is 14.9 Å². The molecule has 0 saturated heterocycles. The lowest BCUT2D eigenvalue weighted by molar-refractivity contribution is -0.385. The summed E-state index contributed by atoms with van der Waals surface area (Å²) >= 11 is 6.07. The predicted octanol–water partition coefficient (Wildman–Crippen LogP) is 2.65. The van der Waals surface area contributed by atoms with Gasteiger partial charge in [0.05, 0.1) is 9.82 Å². The molecule has 0 radical (unpaired) electrons. The van der Waals surface area contributed by atoms with Gasteiger partial charge < -0.3 is 0 Å². The number of alkyl halides is 1. The molecular formula is C13H17ClN2O4S. The molecule has 1 aliphatic rings. The first-order chi connectivity index (χ1) is 9.72. The fourth-order valence-corrected chi connectivity index (χ4v) is 4.30. The van der Waals surface area contributed by atoms with E-state index in [1.807, 2.05) is 0 Å².